The molecule has 0 aliphatic carbocycles. The maximum atomic E-state index is 9.99. The minimum atomic E-state index is -0.637. The highest BCUT2D eigenvalue weighted by atomic mass is 35.5. The molecule has 5 heteroatoms. The largest absolute Gasteiger partial charge is 0.390 e. The van der Waals surface area contributed by atoms with Gasteiger partial charge in [-0.1, -0.05) is 29.8 Å². The molecule has 0 saturated carbocycles. The molecule has 0 bridgehead atoms. The van der Waals surface area contributed by atoms with Crippen LogP contribution in [0.3, 0.4) is 0 Å². The Balaban J connectivity index is 1.58. The summed E-state index contributed by atoms with van der Waals surface area (Å²) >= 11 is 7.76. The third-order valence-corrected chi connectivity index (χ3v) is 6.56. The Kier molecular flexibility index (Phi) is 5.52. The van der Waals surface area contributed by atoms with Crippen LogP contribution in [0.5, 0.6) is 0 Å². The molecule has 0 radical (unpaired) electrons. The maximum absolute atomic E-state index is 9.99. The number of benzene rings is 2. The molecule has 29 heavy (non-hydrogen) atoms. The van der Waals surface area contributed by atoms with Crippen LogP contribution >= 0.6 is 22.9 Å². The highest BCUT2D eigenvalue weighted by Gasteiger charge is 2.15. The summed E-state index contributed by atoms with van der Waals surface area (Å²) in [4.78, 5) is 8.17. The minimum Gasteiger partial charge on any atom is -0.390 e. The van der Waals surface area contributed by atoms with Crippen LogP contribution in [-0.4, -0.2) is 17.4 Å². The van der Waals surface area contributed by atoms with Crippen LogP contribution in [0.2, 0.25) is 5.02 Å². The van der Waals surface area contributed by atoms with E-state index in [0.29, 0.717) is 6.67 Å². The molecule has 3 nitrogen and oxygen atoms in total. The molecular formula is C24H25ClN2OS. The Labute approximate surface area is 180 Å². The van der Waals surface area contributed by atoms with Crippen LogP contribution in [0.25, 0.3) is 16.6 Å². The van der Waals surface area contributed by atoms with Crippen molar-refractivity contribution in [1.82, 2.24) is 0 Å². The average Bonchev–Trinajstić information content (AvgIpc) is 3.10. The van der Waals surface area contributed by atoms with Crippen molar-refractivity contribution in [3.8, 4) is 10.4 Å². The zero-order valence-electron chi connectivity index (χ0n) is 16.9. The molecule has 150 valence electrons. The van der Waals surface area contributed by atoms with Crippen LogP contribution < -0.4 is 14.8 Å². The monoisotopic (exact) mass is 424 g/mol. The minimum absolute atomic E-state index is 0.617. The van der Waals surface area contributed by atoms with E-state index in [1.165, 1.54) is 20.5 Å². The highest BCUT2D eigenvalue weighted by Crippen LogP contribution is 2.25. The molecule has 0 amide bonds. The van der Waals surface area contributed by atoms with Gasteiger partial charge in [0.15, 0.2) is 0 Å². The predicted molar refractivity (Wildman–Crippen MR) is 123 cm³/mol. The Morgan fingerprint density at radius 2 is 1.90 bits per heavy atom. The number of aliphatic hydroxyl groups is 1. The topological polar surface area (TPSA) is 35.8 Å². The summed E-state index contributed by atoms with van der Waals surface area (Å²) in [6.07, 6.45) is 3.82. The number of aryl methyl sites for hydroxylation is 2. The first kappa shape index (κ1) is 20.1. The molecule has 1 aliphatic rings. The summed E-state index contributed by atoms with van der Waals surface area (Å²) in [6, 6.07) is 16.6. The molecule has 1 aliphatic heterocycles. The molecule has 2 heterocycles. The van der Waals surface area contributed by atoms with E-state index >= 15 is 0 Å². The molecule has 0 atom stereocenters. The maximum Gasteiger partial charge on any atom is 0.115 e. The normalized spacial score (nSPS) is 13.6. The Hall–Kier alpha value is -2.14. The van der Waals surface area contributed by atoms with Crippen LogP contribution in [0.4, 0.5) is 5.69 Å². The van der Waals surface area contributed by atoms with Crippen LogP contribution in [0, 0.1) is 6.92 Å². The molecule has 1 N–H and O–H groups in total. The van der Waals surface area contributed by atoms with Crippen molar-refractivity contribution in [3.63, 3.8) is 0 Å². The van der Waals surface area contributed by atoms with Gasteiger partial charge in [0.2, 0.25) is 0 Å². The summed E-state index contributed by atoms with van der Waals surface area (Å²) < 4.78 is 1.17. The van der Waals surface area contributed by atoms with Gasteiger partial charge in [0.1, 0.15) is 6.67 Å². The SMILES string of the molecule is Cc1cc(N2C=c3sc(-c4ccc(Cl)cc4)cc3=NC2)ccc1CCC(C)(C)O. The van der Waals surface area contributed by atoms with E-state index in [1.807, 2.05) is 38.1 Å². The molecule has 0 fully saturated rings. The van der Waals surface area contributed by atoms with Crippen LogP contribution in [0.1, 0.15) is 31.4 Å². The first-order chi connectivity index (χ1) is 13.8. The lowest BCUT2D eigenvalue weighted by atomic mass is 9.96. The number of anilines is 1. The van der Waals surface area contributed by atoms with Gasteiger partial charge in [0.25, 0.3) is 0 Å². The molecular weight excluding hydrogens is 400 g/mol. The van der Waals surface area contributed by atoms with Gasteiger partial charge in [-0.2, -0.15) is 0 Å². The number of thiophene rings is 1. The Bertz CT molecular complexity index is 1140. The third kappa shape index (κ3) is 4.72. The molecule has 4 rings (SSSR count). The summed E-state index contributed by atoms with van der Waals surface area (Å²) in [5.41, 5.74) is 4.20. The van der Waals surface area contributed by atoms with Crippen molar-refractivity contribution in [3.05, 3.63) is 74.6 Å². The van der Waals surface area contributed by atoms with E-state index in [9.17, 15) is 5.11 Å². The molecule has 1 aromatic heterocycles. The second-order valence-electron chi connectivity index (χ2n) is 8.19. The second kappa shape index (κ2) is 7.94. The zero-order chi connectivity index (χ0) is 20.6. The fraction of sp³-hybridized carbons (Fsp3) is 0.292. The van der Waals surface area contributed by atoms with Crippen molar-refractivity contribution >= 4 is 34.8 Å². The van der Waals surface area contributed by atoms with Crippen molar-refractivity contribution in [1.29, 1.82) is 0 Å². The fourth-order valence-electron chi connectivity index (χ4n) is 3.44. The van der Waals surface area contributed by atoms with Gasteiger partial charge in [-0.15, -0.1) is 11.3 Å². The number of halogens is 1. The number of hydrogen-bond acceptors (Lipinski definition) is 4. The standard InChI is InChI=1S/C24H25ClN2OS/c1-16-12-20(9-6-17(16)10-11-24(2,3)28)27-14-23-21(26-15-27)13-22(29-23)18-4-7-19(25)8-5-18/h4-9,12-14,28H,10-11,15H2,1-3H3. The van der Waals surface area contributed by atoms with Crippen LogP contribution in [-0.2, 0) is 6.42 Å². The van der Waals surface area contributed by atoms with Crippen molar-refractivity contribution in [2.45, 2.75) is 39.2 Å². The van der Waals surface area contributed by atoms with Gasteiger partial charge in [-0.05, 0) is 80.6 Å². The molecule has 3 aromatic rings. The van der Waals surface area contributed by atoms with E-state index < -0.39 is 5.60 Å². The van der Waals surface area contributed by atoms with E-state index in [-0.39, 0.29) is 0 Å². The average molecular weight is 425 g/mol. The molecule has 0 spiro atoms. The zero-order valence-corrected chi connectivity index (χ0v) is 18.5. The van der Waals surface area contributed by atoms with Gasteiger partial charge >= 0.3 is 0 Å². The highest BCUT2D eigenvalue weighted by molar-refractivity contribution is 7.13. The summed E-state index contributed by atoms with van der Waals surface area (Å²) in [5.74, 6) is 0. The summed E-state index contributed by atoms with van der Waals surface area (Å²) in [6.45, 7) is 6.47. The smallest absolute Gasteiger partial charge is 0.115 e. The summed E-state index contributed by atoms with van der Waals surface area (Å²) in [7, 11) is 0. The van der Waals surface area contributed by atoms with E-state index in [1.54, 1.807) is 11.3 Å². The molecule has 2 aromatic carbocycles. The number of fused-ring (bicyclic) bond motifs is 1. The molecule has 0 saturated heterocycles. The van der Waals surface area contributed by atoms with Crippen LogP contribution in [0.15, 0.2) is 53.5 Å². The van der Waals surface area contributed by atoms with E-state index in [2.05, 4.69) is 42.3 Å². The van der Waals surface area contributed by atoms with Gasteiger partial charge in [0.05, 0.1) is 15.5 Å². The first-order valence-electron chi connectivity index (χ1n) is 9.79. The van der Waals surface area contributed by atoms with Crippen molar-refractivity contribution in [2.24, 2.45) is 4.99 Å². The predicted octanol–water partition coefficient (Wildman–Crippen LogP) is 4.92. The van der Waals surface area contributed by atoms with E-state index in [4.69, 9.17) is 16.6 Å². The number of nitrogens with zero attached hydrogens (tertiary/aromatic N) is 2. The van der Waals surface area contributed by atoms with Gasteiger partial charge < -0.3 is 10.0 Å². The first-order valence-corrected chi connectivity index (χ1v) is 11.0. The van der Waals surface area contributed by atoms with Gasteiger partial charge in [-0.25, -0.2) is 0 Å². The second-order valence-corrected chi connectivity index (χ2v) is 9.71. The van der Waals surface area contributed by atoms with E-state index in [0.717, 1.165) is 34.5 Å². The lowest BCUT2D eigenvalue weighted by molar-refractivity contribution is 0.0714. The quantitative estimate of drug-likeness (QED) is 0.631. The third-order valence-electron chi connectivity index (χ3n) is 5.20. The fourth-order valence-corrected chi connectivity index (χ4v) is 4.63. The lowest BCUT2D eigenvalue weighted by Crippen LogP contribution is -2.32. The van der Waals surface area contributed by atoms with Gasteiger partial charge in [0, 0.05) is 21.8 Å². The Morgan fingerprint density at radius 1 is 1.14 bits per heavy atom. The molecule has 0 unspecified atom stereocenters. The summed E-state index contributed by atoms with van der Waals surface area (Å²) in [5, 5.41) is 11.8. The Morgan fingerprint density at radius 3 is 2.59 bits per heavy atom. The van der Waals surface area contributed by atoms with Crippen molar-refractivity contribution < 1.29 is 5.11 Å². The van der Waals surface area contributed by atoms with Crippen molar-refractivity contribution in [2.75, 3.05) is 11.6 Å². The lowest BCUT2D eigenvalue weighted by Gasteiger charge is -2.22. The number of rotatable bonds is 5. The van der Waals surface area contributed by atoms with Gasteiger partial charge in [-0.3, -0.25) is 4.99 Å². The number of hydrogen-bond donors (Lipinski definition) is 1.